The summed E-state index contributed by atoms with van der Waals surface area (Å²) in [6, 6.07) is 1.29. The number of rotatable bonds is 5. The summed E-state index contributed by atoms with van der Waals surface area (Å²) in [7, 11) is 0. The van der Waals surface area contributed by atoms with Gasteiger partial charge in [-0.05, 0) is 32.2 Å². The molecule has 10 heteroatoms. The molecule has 1 atom stereocenters. The molecule has 0 aliphatic carbocycles. The van der Waals surface area contributed by atoms with Gasteiger partial charge in [-0.15, -0.1) is 0 Å². The Morgan fingerprint density at radius 1 is 1.43 bits per heavy atom. The molecular formula is C18H24N4O5S. The third-order valence-corrected chi connectivity index (χ3v) is 4.63. The van der Waals surface area contributed by atoms with Gasteiger partial charge in [-0.2, -0.15) is 16.3 Å². The molecule has 1 aliphatic rings. The molecule has 1 fully saturated rings. The number of carbonyl (C=O) groups excluding carboxylic acids is 2. The fraction of sp³-hybridized carbons (Fsp3) is 0.556. The van der Waals surface area contributed by atoms with Gasteiger partial charge < -0.3 is 19.3 Å². The molecule has 2 amide bonds. The summed E-state index contributed by atoms with van der Waals surface area (Å²) in [6.45, 7) is 6.90. The van der Waals surface area contributed by atoms with E-state index in [0.29, 0.717) is 43.4 Å². The average Bonchev–Trinajstić information content (AvgIpc) is 3.32. The highest BCUT2D eigenvalue weighted by molar-refractivity contribution is 7.08. The first-order valence-corrected chi connectivity index (χ1v) is 9.98. The van der Waals surface area contributed by atoms with Crippen LogP contribution >= 0.6 is 11.3 Å². The van der Waals surface area contributed by atoms with Crippen molar-refractivity contribution in [2.75, 3.05) is 26.3 Å². The summed E-state index contributed by atoms with van der Waals surface area (Å²) in [5, 5.41) is 10.4. The second-order valence-corrected chi connectivity index (χ2v) is 8.11. The maximum Gasteiger partial charge on any atom is 0.411 e. The van der Waals surface area contributed by atoms with E-state index < -0.39 is 17.7 Å². The van der Waals surface area contributed by atoms with E-state index in [1.54, 1.807) is 16.3 Å². The average molecular weight is 408 g/mol. The summed E-state index contributed by atoms with van der Waals surface area (Å²) in [4.78, 5) is 30.3. The molecule has 0 unspecified atom stereocenters. The monoisotopic (exact) mass is 408 g/mol. The summed E-state index contributed by atoms with van der Waals surface area (Å²) < 4.78 is 16.2. The molecule has 0 spiro atoms. The number of nitrogens with one attached hydrogen (secondary N) is 1. The Morgan fingerprint density at radius 2 is 2.25 bits per heavy atom. The largest absolute Gasteiger partial charge is 0.444 e. The third-order valence-electron chi connectivity index (χ3n) is 3.95. The van der Waals surface area contributed by atoms with Crippen molar-refractivity contribution in [1.82, 2.24) is 20.4 Å². The molecule has 1 N–H and O–H groups in total. The molecule has 1 aliphatic heterocycles. The fourth-order valence-electron chi connectivity index (χ4n) is 2.64. The van der Waals surface area contributed by atoms with Crippen LogP contribution < -0.4 is 5.32 Å². The number of hydrogen-bond acceptors (Lipinski definition) is 8. The van der Waals surface area contributed by atoms with Crippen molar-refractivity contribution in [3.05, 3.63) is 34.1 Å². The third kappa shape index (κ3) is 5.29. The van der Waals surface area contributed by atoms with E-state index in [1.807, 2.05) is 26.2 Å². The molecule has 3 rings (SSSR count). The van der Waals surface area contributed by atoms with Crippen LogP contribution in [0.2, 0.25) is 0 Å². The minimum atomic E-state index is -0.594. The van der Waals surface area contributed by atoms with E-state index in [9.17, 15) is 9.59 Å². The predicted octanol–water partition coefficient (Wildman–Crippen LogP) is 2.41. The van der Waals surface area contributed by atoms with Gasteiger partial charge in [0.1, 0.15) is 11.6 Å². The summed E-state index contributed by atoms with van der Waals surface area (Å²) in [5.74, 6) is 0.609. The van der Waals surface area contributed by atoms with Crippen LogP contribution in [0.3, 0.4) is 0 Å². The number of nitrogens with zero attached hydrogens (tertiary/aromatic N) is 3. The Labute approximate surface area is 167 Å². The van der Waals surface area contributed by atoms with Crippen molar-refractivity contribution in [2.24, 2.45) is 0 Å². The highest BCUT2D eigenvalue weighted by Gasteiger charge is 2.34. The van der Waals surface area contributed by atoms with E-state index in [0.717, 1.165) is 0 Å². The van der Waals surface area contributed by atoms with E-state index in [2.05, 4.69) is 15.5 Å². The minimum absolute atomic E-state index is 0.141. The first-order chi connectivity index (χ1) is 13.3. The molecule has 28 heavy (non-hydrogen) atoms. The summed E-state index contributed by atoms with van der Waals surface area (Å²) >= 11 is 1.47. The Kier molecular flexibility index (Phi) is 6.30. The molecule has 0 aromatic carbocycles. The van der Waals surface area contributed by atoms with Crippen LogP contribution in [0.15, 0.2) is 21.3 Å². The fourth-order valence-corrected chi connectivity index (χ4v) is 3.28. The molecule has 152 valence electrons. The van der Waals surface area contributed by atoms with Crippen molar-refractivity contribution in [1.29, 1.82) is 0 Å². The van der Waals surface area contributed by atoms with Gasteiger partial charge in [0.05, 0.1) is 13.2 Å². The molecular weight excluding hydrogens is 384 g/mol. The number of carbonyl (C=O) groups is 2. The number of aromatic nitrogens is 2. The van der Waals surface area contributed by atoms with Crippen molar-refractivity contribution in [3.8, 4) is 0 Å². The summed E-state index contributed by atoms with van der Waals surface area (Å²) in [5.41, 5.74) is 0.0341. The number of amides is 2. The lowest BCUT2D eigenvalue weighted by molar-refractivity contribution is -0.0354. The minimum Gasteiger partial charge on any atom is -0.444 e. The lowest BCUT2D eigenvalue weighted by Crippen LogP contribution is -2.46. The Hall–Kier alpha value is -2.46. The maximum absolute atomic E-state index is 12.5. The highest BCUT2D eigenvalue weighted by Crippen LogP contribution is 2.24. The van der Waals surface area contributed by atoms with E-state index >= 15 is 0 Å². The molecule has 3 heterocycles. The number of morpholine rings is 1. The Balaban J connectivity index is 1.58. The van der Waals surface area contributed by atoms with Crippen LogP contribution in [-0.4, -0.2) is 58.9 Å². The maximum atomic E-state index is 12.5. The number of ether oxygens (including phenoxy) is 2. The second-order valence-electron chi connectivity index (χ2n) is 7.33. The first-order valence-electron chi connectivity index (χ1n) is 9.04. The van der Waals surface area contributed by atoms with E-state index in [4.69, 9.17) is 14.0 Å². The number of thiophene rings is 1. The molecule has 2 aromatic heterocycles. The molecule has 0 radical (unpaired) electrons. The van der Waals surface area contributed by atoms with Crippen LogP contribution in [0.5, 0.6) is 0 Å². The van der Waals surface area contributed by atoms with Crippen molar-refractivity contribution >= 4 is 23.3 Å². The van der Waals surface area contributed by atoms with Crippen LogP contribution in [-0.2, 0) is 15.9 Å². The molecule has 9 nitrogen and oxygen atoms in total. The van der Waals surface area contributed by atoms with Crippen molar-refractivity contribution in [2.45, 2.75) is 38.8 Å². The predicted molar refractivity (Wildman–Crippen MR) is 101 cm³/mol. The lowest BCUT2D eigenvalue weighted by Gasteiger charge is -2.34. The second kappa shape index (κ2) is 8.70. The van der Waals surface area contributed by atoms with E-state index in [-0.39, 0.29) is 12.5 Å². The Morgan fingerprint density at radius 3 is 2.96 bits per heavy atom. The van der Waals surface area contributed by atoms with Crippen LogP contribution in [0.25, 0.3) is 0 Å². The molecule has 2 aromatic rings. The summed E-state index contributed by atoms with van der Waals surface area (Å²) in [6.07, 6.45) is -0.0433. The van der Waals surface area contributed by atoms with Crippen LogP contribution in [0.4, 0.5) is 4.79 Å². The first kappa shape index (κ1) is 20.3. The number of hydrogen-bond donors (Lipinski definition) is 1. The van der Waals surface area contributed by atoms with Gasteiger partial charge in [-0.25, -0.2) is 4.79 Å². The van der Waals surface area contributed by atoms with Gasteiger partial charge in [-0.1, -0.05) is 5.16 Å². The molecule has 1 saturated heterocycles. The molecule has 0 bridgehead atoms. The van der Waals surface area contributed by atoms with Crippen molar-refractivity contribution < 1.29 is 23.6 Å². The SMILES string of the molecule is CC(C)(C)OC(=O)N1CCOC[C@@H]1c1noc(CCNC(=O)c2ccsc2)n1. The van der Waals surface area contributed by atoms with Gasteiger partial charge in [0.2, 0.25) is 5.89 Å². The zero-order valence-electron chi connectivity index (χ0n) is 16.1. The van der Waals surface area contributed by atoms with Gasteiger partial charge >= 0.3 is 6.09 Å². The van der Waals surface area contributed by atoms with Gasteiger partial charge in [0.15, 0.2) is 5.82 Å². The zero-order chi connectivity index (χ0) is 20.1. The van der Waals surface area contributed by atoms with E-state index in [1.165, 1.54) is 11.3 Å². The van der Waals surface area contributed by atoms with Gasteiger partial charge in [0.25, 0.3) is 5.91 Å². The highest BCUT2D eigenvalue weighted by atomic mass is 32.1. The topological polar surface area (TPSA) is 107 Å². The van der Waals surface area contributed by atoms with Crippen LogP contribution in [0, 0.1) is 0 Å². The lowest BCUT2D eigenvalue weighted by atomic mass is 10.2. The Bertz CT molecular complexity index is 799. The normalized spacial score (nSPS) is 17.4. The quantitative estimate of drug-likeness (QED) is 0.809. The van der Waals surface area contributed by atoms with Gasteiger partial charge in [0, 0.05) is 30.5 Å². The standard InChI is InChI=1S/C18H24N4O5S/c1-18(2,3)26-17(24)22-7-8-25-10-13(22)15-20-14(27-21-15)4-6-19-16(23)12-5-9-28-11-12/h5,9,11,13H,4,6-8,10H2,1-3H3,(H,19,23)/t13-/m1/s1. The van der Waals surface area contributed by atoms with Crippen molar-refractivity contribution in [3.63, 3.8) is 0 Å². The smallest absolute Gasteiger partial charge is 0.411 e. The van der Waals surface area contributed by atoms with Gasteiger partial charge in [-0.3, -0.25) is 9.69 Å². The zero-order valence-corrected chi connectivity index (χ0v) is 17.0. The van der Waals surface area contributed by atoms with Crippen LogP contribution in [0.1, 0.15) is 48.9 Å². The molecule has 0 saturated carbocycles.